The molecule has 0 amide bonds. The van der Waals surface area contributed by atoms with Crippen molar-refractivity contribution in [3.63, 3.8) is 0 Å². The topological polar surface area (TPSA) is 69.7 Å². The molecule has 1 aliphatic heterocycles. The van der Waals surface area contributed by atoms with Crippen molar-refractivity contribution in [1.82, 2.24) is 0 Å². The standard InChI is InChI=1S/C17H23BrO5/c1-7-10-5-6-17(4,23-9(3)19)12-11(15(10)22-16(7)21)8(2)14(20)13(12)18/h7-8,10-13,15H,5-6H2,1-4H3. The summed E-state index contributed by atoms with van der Waals surface area (Å²) in [5.74, 6) is -1.00. The highest BCUT2D eigenvalue weighted by atomic mass is 79.9. The molecule has 3 rings (SSSR count). The van der Waals surface area contributed by atoms with E-state index in [1.54, 1.807) is 0 Å². The van der Waals surface area contributed by atoms with Crippen molar-refractivity contribution in [2.75, 3.05) is 0 Å². The summed E-state index contributed by atoms with van der Waals surface area (Å²) >= 11 is 3.53. The molecule has 128 valence electrons. The van der Waals surface area contributed by atoms with Crippen LogP contribution in [0.4, 0.5) is 0 Å². The van der Waals surface area contributed by atoms with Crippen molar-refractivity contribution >= 4 is 33.7 Å². The number of ether oxygens (including phenoxy) is 2. The third-order valence-electron chi connectivity index (χ3n) is 6.15. The van der Waals surface area contributed by atoms with E-state index >= 15 is 0 Å². The van der Waals surface area contributed by atoms with E-state index in [4.69, 9.17) is 9.47 Å². The molecule has 23 heavy (non-hydrogen) atoms. The third-order valence-corrected chi connectivity index (χ3v) is 7.17. The SMILES string of the molecule is CC(=O)OC1(C)CCC2C(C)C(=O)OC2C2C(C)C(=O)C(Br)C21. The van der Waals surface area contributed by atoms with E-state index in [0.29, 0.717) is 6.42 Å². The zero-order valence-electron chi connectivity index (χ0n) is 13.9. The van der Waals surface area contributed by atoms with Crippen molar-refractivity contribution in [1.29, 1.82) is 0 Å². The average molecular weight is 387 g/mol. The fraction of sp³-hybridized carbons (Fsp3) is 0.824. The van der Waals surface area contributed by atoms with E-state index in [1.165, 1.54) is 6.92 Å². The third kappa shape index (κ3) is 2.44. The quantitative estimate of drug-likeness (QED) is 0.511. The largest absolute Gasteiger partial charge is 0.461 e. The van der Waals surface area contributed by atoms with Crippen molar-refractivity contribution in [3.05, 3.63) is 0 Å². The maximum atomic E-state index is 12.6. The van der Waals surface area contributed by atoms with Crippen LogP contribution in [0.1, 0.15) is 40.5 Å². The number of Topliss-reactive ketones (excluding diaryl/α,β-unsaturated/α-hetero) is 1. The first-order chi connectivity index (χ1) is 10.7. The minimum atomic E-state index is -0.721. The highest BCUT2D eigenvalue weighted by molar-refractivity contribution is 9.10. The zero-order chi connectivity index (χ0) is 17.1. The minimum absolute atomic E-state index is 0.0837. The molecule has 3 fully saturated rings. The van der Waals surface area contributed by atoms with E-state index in [2.05, 4.69) is 15.9 Å². The Hall–Kier alpha value is -0.910. The van der Waals surface area contributed by atoms with Crippen LogP contribution in [0.25, 0.3) is 0 Å². The number of hydrogen-bond acceptors (Lipinski definition) is 5. The Kier molecular flexibility index (Phi) is 4.10. The van der Waals surface area contributed by atoms with Crippen LogP contribution in [0.15, 0.2) is 0 Å². The molecule has 5 nitrogen and oxygen atoms in total. The second-order valence-electron chi connectivity index (χ2n) is 7.49. The minimum Gasteiger partial charge on any atom is -0.461 e. The van der Waals surface area contributed by atoms with Gasteiger partial charge in [-0.2, -0.15) is 0 Å². The van der Waals surface area contributed by atoms with Crippen LogP contribution in [0.5, 0.6) is 0 Å². The van der Waals surface area contributed by atoms with Gasteiger partial charge in [0.05, 0.1) is 10.7 Å². The van der Waals surface area contributed by atoms with Gasteiger partial charge in [-0.3, -0.25) is 14.4 Å². The second-order valence-corrected chi connectivity index (χ2v) is 8.48. The Morgan fingerprint density at radius 3 is 2.57 bits per heavy atom. The summed E-state index contributed by atoms with van der Waals surface area (Å²) in [6.45, 7) is 7.11. The molecule has 8 unspecified atom stereocenters. The lowest BCUT2D eigenvalue weighted by Crippen LogP contribution is -2.46. The summed E-state index contributed by atoms with van der Waals surface area (Å²) in [5, 5.41) is 0. The smallest absolute Gasteiger partial charge is 0.309 e. The van der Waals surface area contributed by atoms with Crippen LogP contribution in [0.2, 0.25) is 0 Å². The van der Waals surface area contributed by atoms with Crippen LogP contribution in [0.3, 0.4) is 0 Å². The number of fused-ring (bicyclic) bond motifs is 3. The summed E-state index contributed by atoms with van der Waals surface area (Å²) in [6.07, 6.45) is 1.13. The molecular formula is C17H23BrO5. The van der Waals surface area contributed by atoms with Crippen LogP contribution < -0.4 is 0 Å². The number of carbonyl (C=O) groups is 3. The summed E-state index contributed by atoms with van der Waals surface area (Å²) in [5.41, 5.74) is -0.721. The lowest BCUT2D eigenvalue weighted by atomic mass is 9.75. The molecule has 0 bridgehead atoms. The zero-order valence-corrected chi connectivity index (χ0v) is 15.5. The number of rotatable bonds is 1. The first-order valence-corrected chi connectivity index (χ1v) is 9.17. The van der Waals surface area contributed by atoms with E-state index in [-0.39, 0.29) is 58.2 Å². The Balaban J connectivity index is 2.05. The van der Waals surface area contributed by atoms with Gasteiger partial charge in [-0.25, -0.2) is 0 Å². The van der Waals surface area contributed by atoms with E-state index < -0.39 is 5.60 Å². The Morgan fingerprint density at radius 1 is 1.30 bits per heavy atom. The predicted octanol–water partition coefficient (Wildman–Crippen LogP) is 2.49. The van der Waals surface area contributed by atoms with Gasteiger partial charge < -0.3 is 9.47 Å². The van der Waals surface area contributed by atoms with E-state index in [9.17, 15) is 14.4 Å². The fourth-order valence-electron chi connectivity index (χ4n) is 4.96. The number of ketones is 1. The molecule has 0 N–H and O–H groups in total. The van der Waals surface area contributed by atoms with E-state index in [0.717, 1.165) is 6.42 Å². The monoisotopic (exact) mass is 386 g/mol. The molecule has 0 aromatic rings. The molecule has 0 spiro atoms. The van der Waals surface area contributed by atoms with Gasteiger partial charge in [-0.1, -0.05) is 29.8 Å². The second kappa shape index (κ2) is 5.57. The summed E-state index contributed by atoms with van der Waals surface area (Å²) < 4.78 is 11.4. The number of carbonyl (C=O) groups excluding carboxylic acids is 3. The predicted molar refractivity (Wildman–Crippen MR) is 85.8 cm³/mol. The van der Waals surface area contributed by atoms with Gasteiger partial charge in [-0.05, 0) is 19.8 Å². The van der Waals surface area contributed by atoms with Crippen molar-refractivity contribution in [3.8, 4) is 0 Å². The van der Waals surface area contributed by atoms with Gasteiger partial charge in [0.1, 0.15) is 17.5 Å². The van der Waals surface area contributed by atoms with Crippen molar-refractivity contribution in [2.24, 2.45) is 29.6 Å². The van der Waals surface area contributed by atoms with Crippen LogP contribution >= 0.6 is 15.9 Å². The van der Waals surface area contributed by atoms with Crippen LogP contribution in [0, 0.1) is 29.6 Å². The van der Waals surface area contributed by atoms with Gasteiger partial charge >= 0.3 is 11.9 Å². The Labute approximate surface area is 144 Å². The molecule has 8 atom stereocenters. The molecule has 0 aromatic carbocycles. The molecule has 6 heteroatoms. The van der Waals surface area contributed by atoms with Crippen LogP contribution in [-0.2, 0) is 23.9 Å². The maximum absolute atomic E-state index is 12.6. The maximum Gasteiger partial charge on any atom is 0.309 e. The van der Waals surface area contributed by atoms with Gasteiger partial charge in [-0.15, -0.1) is 0 Å². The average Bonchev–Trinajstić information content (AvgIpc) is 2.80. The van der Waals surface area contributed by atoms with Gasteiger partial charge in [0.25, 0.3) is 0 Å². The normalized spacial score (nSPS) is 49.2. The molecular weight excluding hydrogens is 364 g/mol. The van der Waals surface area contributed by atoms with Crippen molar-refractivity contribution < 1.29 is 23.9 Å². The molecule has 2 aliphatic carbocycles. The summed E-state index contributed by atoms with van der Waals surface area (Å²) in [6, 6.07) is 0. The fourth-order valence-corrected chi connectivity index (χ4v) is 6.29. The number of hydrogen-bond donors (Lipinski definition) is 0. The lowest BCUT2D eigenvalue weighted by Gasteiger charge is -2.39. The number of esters is 2. The molecule has 1 heterocycles. The van der Waals surface area contributed by atoms with Crippen LogP contribution in [-0.4, -0.2) is 34.3 Å². The first-order valence-electron chi connectivity index (χ1n) is 8.25. The van der Waals surface area contributed by atoms with Gasteiger partial charge in [0.15, 0.2) is 0 Å². The lowest BCUT2D eigenvalue weighted by molar-refractivity contribution is -0.166. The molecule has 3 aliphatic rings. The first kappa shape index (κ1) is 16.9. The molecule has 2 saturated carbocycles. The molecule has 0 radical (unpaired) electrons. The molecule has 0 aromatic heterocycles. The Bertz CT molecular complexity index is 561. The summed E-state index contributed by atoms with van der Waals surface area (Å²) in [4.78, 5) is 35.9. The molecule has 1 saturated heterocycles. The van der Waals surface area contributed by atoms with E-state index in [1.807, 2.05) is 20.8 Å². The number of alkyl halides is 1. The van der Waals surface area contributed by atoms with Gasteiger partial charge in [0, 0.05) is 30.6 Å². The Morgan fingerprint density at radius 2 is 1.96 bits per heavy atom. The highest BCUT2D eigenvalue weighted by Gasteiger charge is 2.63. The van der Waals surface area contributed by atoms with Crippen molar-refractivity contribution in [2.45, 2.75) is 57.1 Å². The number of halogens is 1. The highest BCUT2D eigenvalue weighted by Crippen LogP contribution is 2.56. The van der Waals surface area contributed by atoms with Gasteiger partial charge in [0.2, 0.25) is 0 Å². The summed E-state index contributed by atoms with van der Waals surface area (Å²) in [7, 11) is 0.